The van der Waals surface area contributed by atoms with Crippen LogP contribution in [0.15, 0.2) is 0 Å². The van der Waals surface area contributed by atoms with Crippen LogP contribution in [0.1, 0.15) is 33.6 Å². The predicted octanol–water partition coefficient (Wildman–Crippen LogP) is 0.785. The predicted molar refractivity (Wildman–Crippen MR) is 69.1 cm³/mol. The monoisotopic (exact) mass is 256 g/mol. The quantitative estimate of drug-likeness (QED) is 0.764. The molecule has 5 heteroatoms. The number of ether oxygens (including phenoxy) is 1. The molecule has 0 aliphatic carbocycles. The van der Waals surface area contributed by atoms with Gasteiger partial charge in [0.05, 0.1) is 6.54 Å². The van der Waals surface area contributed by atoms with E-state index in [0.717, 1.165) is 6.42 Å². The number of nitrogens with zero attached hydrogens (tertiary/aromatic N) is 1. The summed E-state index contributed by atoms with van der Waals surface area (Å²) in [6.07, 6.45) is 1.46. The van der Waals surface area contributed by atoms with Gasteiger partial charge in [-0.05, 0) is 25.7 Å². The fourth-order valence-electron chi connectivity index (χ4n) is 2.32. The molecule has 2 unspecified atom stereocenters. The number of methoxy groups -OCH3 is 1. The molecular weight excluding hydrogens is 232 g/mol. The Morgan fingerprint density at radius 3 is 2.61 bits per heavy atom. The zero-order valence-electron chi connectivity index (χ0n) is 11.7. The van der Waals surface area contributed by atoms with Crippen LogP contribution in [0.2, 0.25) is 0 Å². The average molecular weight is 256 g/mol. The molecule has 0 radical (unpaired) electrons. The van der Waals surface area contributed by atoms with Crippen molar-refractivity contribution in [3.05, 3.63) is 0 Å². The normalized spacial score (nSPS) is 22.3. The summed E-state index contributed by atoms with van der Waals surface area (Å²) >= 11 is 0. The summed E-state index contributed by atoms with van der Waals surface area (Å²) in [6.45, 7) is 6.81. The molecule has 1 aliphatic heterocycles. The highest BCUT2D eigenvalue weighted by atomic mass is 16.5. The average Bonchev–Trinajstić information content (AvgIpc) is 2.30. The van der Waals surface area contributed by atoms with Crippen LogP contribution in [0, 0.1) is 5.92 Å². The molecule has 5 nitrogen and oxygen atoms in total. The lowest BCUT2D eigenvalue weighted by Gasteiger charge is -2.39. The first-order valence-corrected chi connectivity index (χ1v) is 6.55. The van der Waals surface area contributed by atoms with Crippen LogP contribution in [-0.4, -0.2) is 49.1 Å². The van der Waals surface area contributed by atoms with Crippen molar-refractivity contribution in [1.82, 2.24) is 10.2 Å². The lowest BCUT2D eigenvalue weighted by atomic mass is 9.97. The van der Waals surface area contributed by atoms with E-state index in [1.165, 1.54) is 0 Å². The number of amides is 2. The van der Waals surface area contributed by atoms with Crippen molar-refractivity contribution in [1.29, 1.82) is 0 Å². The van der Waals surface area contributed by atoms with Gasteiger partial charge >= 0.3 is 0 Å². The summed E-state index contributed by atoms with van der Waals surface area (Å²) in [4.78, 5) is 25.7. The van der Waals surface area contributed by atoms with E-state index >= 15 is 0 Å². The molecule has 1 heterocycles. The largest absolute Gasteiger partial charge is 0.385 e. The van der Waals surface area contributed by atoms with E-state index in [4.69, 9.17) is 4.74 Å². The summed E-state index contributed by atoms with van der Waals surface area (Å²) in [5.74, 6) is 0.347. The number of hydrogen-bond donors (Lipinski definition) is 1. The van der Waals surface area contributed by atoms with Gasteiger partial charge in [-0.25, -0.2) is 0 Å². The third kappa shape index (κ3) is 3.70. The summed E-state index contributed by atoms with van der Waals surface area (Å²) in [6, 6.07) is -0.301. The molecule has 0 aromatic carbocycles. The van der Waals surface area contributed by atoms with Gasteiger partial charge in [-0.3, -0.25) is 9.59 Å². The summed E-state index contributed by atoms with van der Waals surface area (Å²) < 4.78 is 5.04. The SMILES string of the molecule is COCCC(C)N1C(=O)CNC(=O)C1CC(C)C. The Labute approximate surface area is 109 Å². The number of nitrogens with one attached hydrogen (secondary N) is 1. The molecule has 1 N–H and O–H groups in total. The van der Waals surface area contributed by atoms with E-state index in [2.05, 4.69) is 19.2 Å². The van der Waals surface area contributed by atoms with Crippen LogP contribution in [0.3, 0.4) is 0 Å². The van der Waals surface area contributed by atoms with E-state index in [9.17, 15) is 9.59 Å². The standard InChI is InChI=1S/C13H24N2O3/c1-9(2)7-11-13(17)14-8-12(16)15(11)10(3)5-6-18-4/h9-11H,5-8H2,1-4H3,(H,14,17). The van der Waals surface area contributed by atoms with E-state index in [-0.39, 0.29) is 30.4 Å². The number of carbonyl (C=O) groups is 2. The first-order valence-electron chi connectivity index (χ1n) is 6.55. The van der Waals surface area contributed by atoms with Crippen molar-refractivity contribution in [3.8, 4) is 0 Å². The van der Waals surface area contributed by atoms with E-state index in [1.807, 2.05) is 6.92 Å². The van der Waals surface area contributed by atoms with E-state index < -0.39 is 0 Å². The summed E-state index contributed by atoms with van der Waals surface area (Å²) in [5.41, 5.74) is 0. The smallest absolute Gasteiger partial charge is 0.243 e. The lowest BCUT2D eigenvalue weighted by Crippen LogP contribution is -2.61. The van der Waals surface area contributed by atoms with Gasteiger partial charge in [-0.2, -0.15) is 0 Å². The van der Waals surface area contributed by atoms with Gasteiger partial charge in [0.1, 0.15) is 6.04 Å². The van der Waals surface area contributed by atoms with Gasteiger partial charge in [0.2, 0.25) is 11.8 Å². The molecule has 2 atom stereocenters. The van der Waals surface area contributed by atoms with Crippen LogP contribution in [0.25, 0.3) is 0 Å². The molecule has 0 spiro atoms. The van der Waals surface area contributed by atoms with Crippen molar-refractivity contribution >= 4 is 11.8 Å². The highest BCUT2D eigenvalue weighted by molar-refractivity contribution is 5.95. The van der Waals surface area contributed by atoms with Crippen molar-refractivity contribution in [2.24, 2.45) is 5.92 Å². The lowest BCUT2D eigenvalue weighted by molar-refractivity contribution is -0.149. The second-order valence-electron chi connectivity index (χ2n) is 5.29. The molecule has 0 aromatic rings. The highest BCUT2D eigenvalue weighted by Crippen LogP contribution is 2.19. The molecule has 18 heavy (non-hydrogen) atoms. The minimum Gasteiger partial charge on any atom is -0.385 e. The van der Waals surface area contributed by atoms with Gasteiger partial charge < -0.3 is 15.0 Å². The van der Waals surface area contributed by atoms with Crippen LogP contribution in [-0.2, 0) is 14.3 Å². The van der Waals surface area contributed by atoms with Crippen molar-refractivity contribution in [3.63, 3.8) is 0 Å². The van der Waals surface area contributed by atoms with Crippen LogP contribution in [0.4, 0.5) is 0 Å². The maximum absolute atomic E-state index is 12.0. The first-order chi connectivity index (χ1) is 8.47. The molecule has 1 rings (SSSR count). The molecule has 0 bridgehead atoms. The third-order valence-corrected chi connectivity index (χ3v) is 3.25. The van der Waals surface area contributed by atoms with Gasteiger partial charge in [0.25, 0.3) is 0 Å². The second kappa shape index (κ2) is 6.73. The van der Waals surface area contributed by atoms with E-state index in [0.29, 0.717) is 18.9 Å². The number of piperazine rings is 1. The highest BCUT2D eigenvalue weighted by Gasteiger charge is 2.37. The van der Waals surface area contributed by atoms with Crippen LogP contribution in [0.5, 0.6) is 0 Å². The van der Waals surface area contributed by atoms with Crippen LogP contribution < -0.4 is 5.32 Å². The Balaban J connectivity index is 2.78. The second-order valence-corrected chi connectivity index (χ2v) is 5.29. The Morgan fingerprint density at radius 2 is 2.06 bits per heavy atom. The van der Waals surface area contributed by atoms with Gasteiger partial charge in [-0.15, -0.1) is 0 Å². The molecule has 1 saturated heterocycles. The molecule has 1 aliphatic rings. The zero-order chi connectivity index (χ0) is 13.7. The van der Waals surface area contributed by atoms with Gasteiger partial charge in [0.15, 0.2) is 0 Å². The van der Waals surface area contributed by atoms with Gasteiger partial charge in [0, 0.05) is 19.8 Å². The number of carbonyl (C=O) groups excluding carboxylic acids is 2. The van der Waals surface area contributed by atoms with Crippen LogP contribution >= 0.6 is 0 Å². The maximum Gasteiger partial charge on any atom is 0.243 e. The fraction of sp³-hybridized carbons (Fsp3) is 0.846. The third-order valence-electron chi connectivity index (χ3n) is 3.25. The van der Waals surface area contributed by atoms with Crippen molar-refractivity contribution in [2.75, 3.05) is 20.3 Å². The Morgan fingerprint density at radius 1 is 1.39 bits per heavy atom. The topological polar surface area (TPSA) is 58.6 Å². The molecule has 1 fully saturated rings. The molecule has 0 saturated carbocycles. The minimum absolute atomic E-state index is 0.00357. The Bertz CT molecular complexity index is 305. The fourth-order valence-corrected chi connectivity index (χ4v) is 2.32. The number of rotatable bonds is 6. The Kier molecular flexibility index (Phi) is 5.59. The van der Waals surface area contributed by atoms with Crippen molar-refractivity contribution < 1.29 is 14.3 Å². The summed E-state index contributed by atoms with van der Waals surface area (Å²) in [7, 11) is 1.64. The number of hydrogen-bond acceptors (Lipinski definition) is 3. The molecule has 0 aromatic heterocycles. The molecule has 104 valence electrons. The van der Waals surface area contributed by atoms with Crippen molar-refractivity contribution in [2.45, 2.75) is 45.7 Å². The Hall–Kier alpha value is -1.10. The summed E-state index contributed by atoms with van der Waals surface area (Å²) in [5, 5.41) is 2.67. The van der Waals surface area contributed by atoms with E-state index in [1.54, 1.807) is 12.0 Å². The maximum atomic E-state index is 12.0. The molecular formula is C13H24N2O3. The first kappa shape index (κ1) is 15.0. The molecule has 2 amide bonds. The minimum atomic E-state index is -0.335. The van der Waals surface area contributed by atoms with Gasteiger partial charge in [-0.1, -0.05) is 13.8 Å². The zero-order valence-corrected chi connectivity index (χ0v) is 11.7.